The molecule has 0 spiro atoms. The third-order valence-electron chi connectivity index (χ3n) is 5.53. The molecule has 1 aromatic heterocycles. The molecule has 1 atom stereocenters. The van der Waals surface area contributed by atoms with Gasteiger partial charge in [-0.15, -0.1) is 0 Å². The Morgan fingerprint density at radius 2 is 1.79 bits per heavy atom. The van der Waals surface area contributed by atoms with Crippen LogP contribution in [0.4, 0.5) is 13.2 Å². The molecule has 150 valence electrons. The summed E-state index contributed by atoms with van der Waals surface area (Å²) >= 11 is 0. The smallest absolute Gasteiger partial charge is 0.274 e. The molecule has 1 aliphatic rings. The molecule has 0 saturated carbocycles. The number of hydrogen-bond donors (Lipinski definition) is 0. The normalized spacial score (nSPS) is 14.0. The van der Waals surface area contributed by atoms with E-state index in [1.807, 2.05) is 0 Å². The Labute approximate surface area is 166 Å². The standard InChI is InChI=1S/C22H20F3N3O/c1-13(14-6-11-18(24)19(25)12-14)27(2)22(29)21-17-4-3-5-20(17)28(26-21)16-9-7-15(23)8-10-16/h6-13H,3-5H2,1-2H3. The number of rotatable bonds is 4. The highest BCUT2D eigenvalue weighted by molar-refractivity contribution is 5.94. The predicted molar refractivity (Wildman–Crippen MR) is 102 cm³/mol. The van der Waals surface area contributed by atoms with Gasteiger partial charge < -0.3 is 4.90 Å². The number of benzene rings is 2. The molecule has 0 bridgehead atoms. The molecule has 0 aliphatic heterocycles. The number of carbonyl (C=O) groups excluding carboxylic acids is 1. The molecule has 1 unspecified atom stereocenters. The number of fused-ring (bicyclic) bond motifs is 1. The van der Waals surface area contributed by atoms with Crippen molar-refractivity contribution in [2.45, 2.75) is 32.2 Å². The molecule has 0 radical (unpaired) electrons. The summed E-state index contributed by atoms with van der Waals surface area (Å²) in [6, 6.07) is 9.13. The molecule has 2 aromatic carbocycles. The van der Waals surface area contributed by atoms with Crippen molar-refractivity contribution in [2.24, 2.45) is 0 Å². The van der Waals surface area contributed by atoms with Crippen LogP contribution < -0.4 is 0 Å². The Morgan fingerprint density at radius 3 is 2.48 bits per heavy atom. The monoisotopic (exact) mass is 399 g/mol. The Kier molecular flexibility index (Phi) is 4.90. The molecule has 0 N–H and O–H groups in total. The summed E-state index contributed by atoms with van der Waals surface area (Å²) in [5.74, 6) is -2.50. The van der Waals surface area contributed by atoms with Gasteiger partial charge in [-0.05, 0) is 68.1 Å². The van der Waals surface area contributed by atoms with E-state index in [-0.39, 0.29) is 11.7 Å². The van der Waals surface area contributed by atoms with E-state index < -0.39 is 17.7 Å². The van der Waals surface area contributed by atoms with Crippen LogP contribution in [-0.2, 0) is 12.8 Å². The first-order valence-electron chi connectivity index (χ1n) is 9.45. The van der Waals surface area contributed by atoms with Crippen LogP contribution in [0.1, 0.15) is 46.7 Å². The van der Waals surface area contributed by atoms with Gasteiger partial charge in [0.2, 0.25) is 0 Å². The summed E-state index contributed by atoms with van der Waals surface area (Å²) in [5.41, 5.74) is 3.38. The number of aromatic nitrogens is 2. The van der Waals surface area contributed by atoms with E-state index in [9.17, 15) is 18.0 Å². The van der Waals surface area contributed by atoms with Crippen LogP contribution in [0.3, 0.4) is 0 Å². The number of carbonyl (C=O) groups is 1. The van der Waals surface area contributed by atoms with Crippen molar-refractivity contribution >= 4 is 5.91 Å². The molecule has 0 saturated heterocycles. The molecule has 7 heteroatoms. The van der Waals surface area contributed by atoms with Crippen LogP contribution in [0.15, 0.2) is 42.5 Å². The number of hydrogen-bond acceptors (Lipinski definition) is 2. The zero-order chi connectivity index (χ0) is 20.7. The highest BCUT2D eigenvalue weighted by Gasteiger charge is 2.30. The molecule has 0 fully saturated rings. The van der Waals surface area contributed by atoms with Crippen molar-refractivity contribution in [3.63, 3.8) is 0 Å². The van der Waals surface area contributed by atoms with Gasteiger partial charge in [0.15, 0.2) is 17.3 Å². The summed E-state index contributed by atoms with van der Waals surface area (Å²) in [7, 11) is 1.62. The SMILES string of the molecule is CC(c1ccc(F)c(F)c1)N(C)C(=O)c1nn(-c2ccc(F)cc2)c2c1CCC2. The second kappa shape index (κ2) is 7.39. The first kappa shape index (κ1) is 19.2. The van der Waals surface area contributed by atoms with Crippen LogP contribution in [0.2, 0.25) is 0 Å². The molecule has 3 aromatic rings. The van der Waals surface area contributed by atoms with Gasteiger partial charge in [0.1, 0.15) is 5.82 Å². The number of amides is 1. The fraction of sp³-hybridized carbons (Fsp3) is 0.273. The van der Waals surface area contributed by atoms with E-state index in [0.29, 0.717) is 16.9 Å². The maximum absolute atomic E-state index is 13.6. The number of nitrogens with zero attached hydrogens (tertiary/aromatic N) is 3. The van der Waals surface area contributed by atoms with Gasteiger partial charge in [0.05, 0.1) is 11.7 Å². The van der Waals surface area contributed by atoms with E-state index in [1.54, 1.807) is 30.8 Å². The summed E-state index contributed by atoms with van der Waals surface area (Å²) in [4.78, 5) is 14.7. The van der Waals surface area contributed by atoms with Crippen LogP contribution in [0.25, 0.3) is 5.69 Å². The van der Waals surface area contributed by atoms with Gasteiger partial charge in [-0.1, -0.05) is 6.07 Å². The van der Waals surface area contributed by atoms with Crippen molar-refractivity contribution in [3.8, 4) is 5.69 Å². The maximum atomic E-state index is 13.6. The second-order valence-corrected chi connectivity index (χ2v) is 7.28. The highest BCUT2D eigenvalue weighted by Crippen LogP contribution is 2.30. The largest absolute Gasteiger partial charge is 0.334 e. The molecule has 1 heterocycles. The van der Waals surface area contributed by atoms with Gasteiger partial charge in [-0.25, -0.2) is 17.9 Å². The minimum atomic E-state index is -0.948. The lowest BCUT2D eigenvalue weighted by molar-refractivity contribution is 0.0735. The lowest BCUT2D eigenvalue weighted by Crippen LogP contribution is -2.30. The average molecular weight is 399 g/mol. The van der Waals surface area contributed by atoms with Gasteiger partial charge >= 0.3 is 0 Å². The van der Waals surface area contributed by atoms with Crippen molar-refractivity contribution in [1.29, 1.82) is 0 Å². The summed E-state index contributed by atoms with van der Waals surface area (Å²) in [5, 5.41) is 4.53. The zero-order valence-corrected chi connectivity index (χ0v) is 16.1. The van der Waals surface area contributed by atoms with Crippen LogP contribution >= 0.6 is 0 Å². The lowest BCUT2D eigenvalue weighted by Gasteiger charge is -2.25. The molecule has 29 heavy (non-hydrogen) atoms. The third kappa shape index (κ3) is 3.41. The molecule has 4 nitrogen and oxygen atoms in total. The van der Waals surface area contributed by atoms with Gasteiger partial charge in [0.25, 0.3) is 5.91 Å². The lowest BCUT2D eigenvalue weighted by atomic mass is 10.1. The topological polar surface area (TPSA) is 38.1 Å². The van der Waals surface area contributed by atoms with Crippen LogP contribution in [0, 0.1) is 17.5 Å². The summed E-state index contributed by atoms with van der Waals surface area (Å²) in [6.45, 7) is 1.75. The Balaban J connectivity index is 1.67. The molecule has 1 aliphatic carbocycles. The van der Waals surface area contributed by atoms with Crippen molar-refractivity contribution in [3.05, 3.63) is 82.4 Å². The van der Waals surface area contributed by atoms with E-state index in [2.05, 4.69) is 5.10 Å². The summed E-state index contributed by atoms with van der Waals surface area (Å²) < 4.78 is 41.8. The number of halogens is 3. The van der Waals surface area contributed by atoms with E-state index in [0.717, 1.165) is 42.7 Å². The van der Waals surface area contributed by atoms with Crippen molar-refractivity contribution in [2.75, 3.05) is 7.05 Å². The molecular weight excluding hydrogens is 379 g/mol. The minimum Gasteiger partial charge on any atom is -0.334 e. The van der Waals surface area contributed by atoms with Crippen molar-refractivity contribution in [1.82, 2.24) is 14.7 Å². The molecule has 4 rings (SSSR count). The Bertz CT molecular complexity index is 1080. The highest BCUT2D eigenvalue weighted by atomic mass is 19.2. The predicted octanol–water partition coefficient (Wildman–Crippen LogP) is 4.61. The first-order valence-corrected chi connectivity index (χ1v) is 9.45. The quantitative estimate of drug-likeness (QED) is 0.643. The van der Waals surface area contributed by atoms with E-state index in [1.165, 1.54) is 23.1 Å². The Hall–Kier alpha value is -3.09. The minimum absolute atomic E-state index is 0.291. The third-order valence-corrected chi connectivity index (χ3v) is 5.53. The molecular formula is C22H20F3N3O. The van der Waals surface area contributed by atoms with Crippen LogP contribution in [-0.4, -0.2) is 27.6 Å². The average Bonchev–Trinajstić information content (AvgIpc) is 3.32. The Morgan fingerprint density at radius 1 is 1.07 bits per heavy atom. The van der Waals surface area contributed by atoms with Crippen LogP contribution in [0.5, 0.6) is 0 Å². The van der Waals surface area contributed by atoms with Gasteiger partial charge in [0, 0.05) is 18.3 Å². The van der Waals surface area contributed by atoms with E-state index in [4.69, 9.17) is 0 Å². The van der Waals surface area contributed by atoms with Gasteiger partial charge in [-0.3, -0.25) is 4.79 Å². The molecule has 1 amide bonds. The second-order valence-electron chi connectivity index (χ2n) is 7.28. The first-order chi connectivity index (χ1) is 13.9. The van der Waals surface area contributed by atoms with E-state index >= 15 is 0 Å². The van der Waals surface area contributed by atoms with Gasteiger partial charge in [-0.2, -0.15) is 5.10 Å². The van der Waals surface area contributed by atoms with Crippen molar-refractivity contribution < 1.29 is 18.0 Å². The fourth-order valence-corrected chi connectivity index (χ4v) is 3.74. The fourth-order valence-electron chi connectivity index (χ4n) is 3.74. The zero-order valence-electron chi connectivity index (χ0n) is 16.1. The maximum Gasteiger partial charge on any atom is 0.274 e. The summed E-state index contributed by atoms with van der Waals surface area (Å²) in [6.07, 6.45) is 2.44.